The van der Waals surface area contributed by atoms with Crippen molar-refractivity contribution in [1.29, 1.82) is 0 Å². The highest BCUT2D eigenvalue weighted by molar-refractivity contribution is 7.86. The number of amides is 1. The Morgan fingerprint density at radius 3 is 2.21 bits per heavy atom. The minimum Gasteiger partial charge on any atom is -0.335 e. The number of hydrogen-bond donors (Lipinski definition) is 0. The fourth-order valence-electron chi connectivity index (χ4n) is 3.41. The molecule has 1 aromatic heterocycles. The van der Waals surface area contributed by atoms with E-state index in [2.05, 4.69) is 0 Å². The topological polar surface area (TPSA) is 60.9 Å². The van der Waals surface area contributed by atoms with E-state index in [9.17, 15) is 13.2 Å². The summed E-state index contributed by atoms with van der Waals surface area (Å²) in [5.74, 6) is -0.0227. The van der Waals surface area contributed by atoms with Crippen LogP contribution in [-0.4, -0.2) is 67.1 Å². The summed E-state index contributed by atoms with van der Waals surface area (Å²) in [4.78, 5) is 15.6. The molecular weight excluding hydrogens is 394 g/mol. The zero-order valence-electron chi connectivity index (χ0n) is 16.6. The van der Waals surface area contributed by atoms with E-state index in [4.69, 9.17) is 0 Å². The van der Waals surface area contributed by atoms with Gasteiger partial charge < -0.3 is 4.90 Å². The van der Waals surface area contributed by atoms with E-state index in [1.54, 1.807) is 4.90 Å². The molecule has 0 atom stereocenters. The van der Waals surface area contributed by atoms with Gasteiger partial charge in [-0.2, -0.15) is 17.0 Å². The smallest absolute Gasteiger partial charge is 0.282 e. The van der Waals surface area contributed by atoms with Gasteiger partial charge >= 0.3 is 0 Å². The molecule has 1 saturated heterocycles. The molecule has 0 aliphatic carbocycles. The Hall–Kier alpha value is -1.74. The van der Waals surface area contributed by atoms with Gasteiger partial charge in [-0.15, -0.1) is 11.3 Å². The second-order valence-electron chi connectivity index (χ2n) is 6.81. The molecule has 1 aromatic carbocycles. The highest BCUT2D eigenvalue weighted by Crippen LogP contribution is 2.30. The van der Waals surface area contributed by atoms with Crippen LogP contribution in [-0.2, 0) is 10.2 Å². The van der Waals surface area contributed by atoms with Gasteiger partial charge in [-0.25, -0.2) is 0 Å². The van der Waals surface area contributed by atoms with Crippen molar-refractivity contribution in [2.75, 3.05) is 39.3 Å². The van der Waals surface area contributed by atoms with E-state index < -0.39 is 10.2 Å². The molecule has 0 unspecified atom stereocenters. The summed E-state index contributed by atoms with van der Waals surface area (Å²) in [6.07, 6.45) is 0. The van der Waals surface area contributed by atoms with E-state index in [1.165, 1.54) is 25.5 Å². The summed E-state index contributed by atoms with van der Waals surface area (Å²) in [6, 6.07) is 10.1. The first-order valence-corrected chi connectivity index (χ1v) is 11.8. The zero-order chi connectivity index (χ0) is 20.3. The van der Waals surface area contributed by atoms with Gasteiger partial charge in [0.1, 0.15) is 0 Å². The van der Waals surface area contributed by atoms with Crippen molar-refractivity contribution < 1.29 is 13.2 Å². The highest BCUT2D eigenvalue weighted by atomic mass is 32.2. The lowest BCUT2D eigenvalue weighted by Crippen LogP contribution is -2.54. The molecule has 1 aliphatic rings. The van der Waals surface area contributed by atoms with Crippen LogP contribution in [0.15, 0.2) is 35.7 Å². The summed E-state index contributed by atoms with van der Waals surface area (Å²) in [6.45, 7) is 8.09. The van der Waals surface area contributed by atoms with Crippen molar-refractivity contribution >= 4 is 27.5 Å². The number of nitrogens with zero attached hydrogens (tertiary/aromatic N) is 3. The van der Waals surface area contributed by atoms with Crippen molar-refractivity contribution in [2.24, 2.45) is 0 Å². The Morgan fingerprint density at radius 1 is 1.04 bits per heavy atom. The maximum Gasteiger partial charge on any atom is 0.282 e. The predicted molar refractivity (Wildman–Crippen MR) is 114 cm³/mol. The fraction of sp³-hybridized carbons (Fsp3) is 0.450. The van der Waals surface area contributed by atoms with Gasteiger partial charge in [0.05, 0.1) is 4.88 Å². The normalized spacial score (nSPS) is 15.9. The van der Waals surface area contributed by atoms with Crippen LogP contribution in [0.1, 0.15) is 29.1 Å². The van der Waals surface area contributed by atoms with E-state index in [-0.39, 0.29) is 5.91 Å². The molecule has 6 nitrogen and oxygen atoms in total. The lowest BCUT2D eigenvalue weighted by molar-refractivity contribution is 0.0700. The molecule has 28 heavy (non-hydrogen) atoms. The molecule has 152 valence electrons. The van der Waals surface area contributed by atoms with Crippen LogP contribution in [0.25, 0.3) is 11.1 Å². The summed E-state index contributed by atoms with van der Waals surface area (Å²) in [7, 11) is -3.45. The molecule has 1 aliphatic heterocycles. The van der Waals surface area contributed by atoms with Crippen molar-refractivity contribution in [2.45, 2.75) is 20.8 Å². The second-order valence-corrected chi connectivity index (χ2v) is 9.66. The molecule has 2 aromatic rings. The van der Waals surface area contributed by atoms with Gasteiger partial charge in [-0.3, -0.25) is 4.79 Å². The number of hydrogen-bond acceptors (Lipinski definition) is 4. The number of piperazine rings is 1. The SMILES string of the molecule is CCN(CC)S(=O)(=O)N1CCN(C(=O)c2sccc2-c2ccc(C)cc2)CC1. The number of thiophene rings is 1. The Labute approximate surface area is 171 Å². The first-order chi connectivity index (χ1) is 13.4. The first kappa shape index (κ1) is 21.0. The molecule has 0 bridgehead atoms. The Bertz CT molecular complexity index is 910. The number of carbonyl (C=O) groups excluding carboxylic acids is 1. The third-order valence-corrected chi connectivity index (χ3v) is 8.19. The quantitative estimate of drug-likeness (QED) is 0.720. The molecule has 1 fully saturated rings. The van der Waals surface area contributed by atoms with E-state index in [1.807, 2.05) is 56.5 Å². The molecule has 0 N–H and O–H groups in total. The Balaban J connectivity index is 1.72. The fourth-order valence-corrected chi connectivity index (χ4v) is 5.90. The summed E-state index contributed by atoms with van der Waals surface area (Å²) >= 11 is 1.44. The van der Waals surface area contributed by atoms with Gasteiger partial charge in [0.2, 0.25) is 0 Å². The van der Waals surface area contributed by atoms with Crippen LogP contribution in [0.4, 0.5) is 0 Å². The summed E-state index contributed by atoms with van der Waals surface area (Å²) in [5.41, 5.74) is 3.14. The monoisotopic (exact) mass is 421 g/mol. The van der Waals surface area contributed by atoms with Crippen LogP contribution < -0.4 is 0 Å². The molecule has 0 radical (unpaired) electrons. The van der Waals surface area contributed by atoms with Crippen molar-refractivity contribution in [1.82, 2.24) is 13.5 Å². The highest BCUT2D eigenvalue weighted by Gasteiger charge is 2.33. The first-order valence-electron chi connectivity index (χ1n) is 9.57. The lowest BCUT2D eigenvalue weighted by Gasteiger charge is -2.36. The molecule has 0 saturated carbocycles. The van der Waals surface area contributed by atoms with E-state index >= 15 is 0 Å². The molecule has 1 amide bonds. The molecule has 0 spiro atoms. The van der Waals surface area contributed by atoms with Crippen molar-refractivity contribution in [3.05, 3.63) is 46.2 Å². The third-order valence-electron chi connectivity index (χ3n) is 5.11. The molecule has 2 heterocycles. The predicted octanol–water partition coefficient (Wildman–Crippen LogP) is 3.07. The van der Waals surface area contributed by atoms with Gasteiger partial charge in [0.25, 0.3) is 16.1 Å². The third kappa shape index (κ3) is 4.15. The Morgan fingerprint density at radius 2 is 1.64 bits per heavy atom. The van der Waals surface area contributed by atoms with Gasteiger partial charge in [0, 0.05) is 44.8 Å². The van der Waals surface area contributed by atoms with E-state index in [0.29, 0.717) is 44.1 Å². The van der Waals surface area contributed by atoms with Crippen molar-refractivity contribution in [3.63, 3.8) is 0 Å². The molecule has 3 rings (SSSR count). The molecule has 8 heteroatoms. The zero-order valence-corrected chi connectivity index (χ0v) is 18.2. The van der Waals surface area contributed by atoms with Crippen molar-refractivity contribution in [3.8, 4) is 11.1 Å². The maximum absolute atomic E-state index is 13.1. The van der Waals surface area contributed by atoms with Gasteiger partial charge in [-0.1, -0.05) is 43.7 Å². The average Bonchev–Trinajstić information content (AvgIpc) is 3.18. The minimum atomic E-state index is -3.45. The lowest BCUT2D eigenvalue weighted by atomic mass is 10.0. The minimum absolute atomic E-state index is 0.0227. The average molecular weight is 422 g/mol. The number of rotatable bonds is 6. The Kier molecular flexibility index (Phi) is 6.54. The number of benzene rings is 1. The van der Waals surface area contributed by atoms with Gasteiger partial charge in [0.15, 0.2) is 0 Å². The van der Waals surface area contributed by atoms with Crippen LogP contribution in [0.2, 0.25) is 0 Å². The number of carbonyl (C=O) groups is 1. The van der Waals surface area contributed by atoms with Crippen LogP contribution >= 0.6 is 11.3 Å². The second kappa shape index (κ2) is 8.73. The summed E-state index contributed by atoms with van der Waals surface area (Å²) < 4.78 is 28.3. The summed E-state index contributed by atoms with van der Waals surface area (Å²) in [5, 5.41) is 1.93. The standard InChI is InChI=1S/C20H27N3O3S2/c1-4-22(5-2)28(25,26)23-13-11-21(12-14-23)20(24)19-18(10-15-27-19)17-8-6-16(3)7-9-17/h6-10,15H,4-5,11-14H2,1-3H3. The van der Waals surface area contributed by atoms with Crippen LogP contribution in [0.3, 0.4) is 0 Å². The van der Waals surface area contributed by atoms with Gasteiger partial charge in [-0.05, 0) is 23.9 Å². The maximum atomic E-state index is 13.1. The van der Waals surface area contributed by atoms with Crippen LogP contribution in [0, 0.1) is 6.92 Å². The van der Waals surface area contributed by atoms with Crippen LogP contribution in [0.5, 0.6) is 0 Å². The van der Waals surface area contributed by atoms with E-state index in [0.717, 1.165) is 11.1 Å². The largest absolute Gasteiger partial charge is 0.335 e. The number of aryl methyl sites for hydroxylation is 1. The molecular formula is C20H27N3O3S2.